The highest BCUT2D eigenvalue weighted by molar-refractivity contribution is 8.00. The van der Waals surface area contributed by atoms with Crippen molar-refractivity contribution in [1.82, 2.24) is 60.0 Å². The molecule has 1 spiro atoms. The van der Waals surface area contributed by atoms with Gasteiger partial charge < -0.3 is 64.8 Å². The molecule has 574 valence electrons. The summed E-state index contributed by atoms with van der Waals surface area (Å²) in [5.74, 6) is -9.19. The minimum Gasteiger partial charge on any atom is -0.377 e. The molecule has 0 aromatic rings. The molecule has 3 aliphatic carbocycles. The minimum atomic E-state index is -4.43. The maximum absolute atomic E-state index is 15.6. The van der Waals surface area contributed by atoms with Crippen molar-refractivity contribution >= 4 is 82.6 Å². The standard InChI is InChI=1S/C73H117F3N12O13S/c1-15-44(5)61-69(98)82(10)43-60(91)84(12)53-23-20-19-21-35-87(68(53)97)56(38-47-24-28-50(29-25-47)73(74,75)76)67(96)81(9)42-58(89)77-52(30-26-46-27-31-57-49(37-46)32-36-102-57)65(94)88-41-51(101-18-4)39-54(88)64(93)79-72(33-22-34-72)71(100)86(14)62(48(16-2)17-3)70(99)85(13)55(66(95)80(7)8)40-59(90)83(11)45(6)63(92)78-61/h19-20,44-57,61-62H,15-18,21-43H2,1-14H3,(H,77,89)(H,78,92)(H,79,93)/b20-19-/t44-,45-,46?,47?,49?,50?,51+,52-,53-,54-,55-,56-,57?,61-,62-/m0/s1. The molecule has 102 heavy (non-hydrogen) atoms. The summed E-state index contributed by atoms with van der Waals surface area (Å²) in [4.78, 5) is 191. The minimum absolute atomic E-state index is 0.0201. The normalized spacial score (nSPS) is 31.8. The van der Waals surface area contributed by atoms with E-state index in [9.17, 15) is 41.9 Å². The third-order valence-corrected chi connectivity index (χ3v) is 25.1. The molecule has 0 aromatic carbocycles. The van der Waals surface area contributed by atoms with Gasteiger partial charge in [0.25, 0.3) is 0 Å². The average Bonchev–Trinajstić information content (AvgIpc) is 1.08. The molecule has 3 saturated heterocycles. The van der Waals surface area contributed by atoms with Crippen LogP contribution in [0, 0.1) is 35.5 Å². The van der Waals surface area contributed by atoms with Gasteiger partial charge in [-0.1, -0.05) is 59.1 Å². The summed E-state index contributed by atoms with van der Waals surface area (Å²) >= 11 is 1.99. The van der Waals surface area contributed by atoms with Crippen molar-refractivity contribution in [3.63, 3.8) is 0 Å². The summed E-state index contributed by atoms with van der Waals surface area (Å²) in [6.07, 6.45) is 4.68. The maximum atomic E-state index is 15.6. The zero-order valence-electron chi connectivity index (χ0n) is 62.9. The molecule has 7 rings (SSSR count). The first kappa shape index (κ1) is 82.8. The van der Waals surface area contributed by atoms with Crippen LogP contribution in [0.5, 0.6) is 0 Å². The molecule has 13 atom stereocenters. The number of carbonyl (C=O) groups excluding carboxylic acids is 12. The Morgan fingerprint density at radius 1 is 0.696 bits per heavy atom. The van der Waals surface area contributed by atoms with E-state index in [1.165, 1.54) is 87.8 Å². The van der Waals surface area contributed by atoms with E-state index >= 15 is 28.8 Å². The van der Waals surface area contributed by atoms with E-state index in [2.05, 4.69) is 16.0 Å². The number of fused-ring (bicyclic) bond motifs is 4. The van der Waals surface area contributed by atoms with Crippen LogP contribution >= 0.6 is 11.8 Å². The lowest BCUT2D eigenvalue weighted by atomic mass is 9.74. The van der Waals surface area contributed by atoms with Gasteiger partial charge in [-0.3, -0.25) is 57.5 Å². The van der Waals surface area contributed by atoms with Gasteiger partial charge in [0.15, 0.2) is 0 Å². The summed E-state index contributed by atoms with van der Waals surface area (Å²) in [6.45, 7) is 9.44. The molecule has 3 saturated carbocycles. The van der Waals surface area contributed by atoms with Gasteiger partial charge in [-0.25, -0.2) is 0 Å². The molecular weight excluding hydrogens is 1340 g/mol. The Balaban J connectivity index is 1.29. The van der Waals surface area contributed by atoms with E-state index in [1.54, 1.807) is 32.9 Å². The third-order valence-electron chi connectivity index (χ3n) is 23.6. The number of hydrogen-bond donors (Lipinski definition) is 3. The highest BCUT2D eigenvalue weighted by Crippen LogP contribution is 2.46. The largest absolute Gasteiger partial charge is 0.391 e. The van der Waals surface area contributed by atoms with Crippen molar-refractivity contribution in [2.24, 2.45) is 35.5 Å². The van der Waals surface area contributed by atoms with Gasteiger partial charge in [0, 0.05) is 87.7 Å². The molecule has 4 heterocycles. The molecule has 29 heteroatoms. The fourth-order valence-electron chi connectivity index (χ4n) is 16.4. The van der Waals surface area contributed by atoms with Crippen molar-refractivity contribution in [3.8, 4) is 0 Å². The van der Waals surface area contributed by atoms with E-state index < -0.39 is 180 Å². The fraction of sp³-hybridized carbons (Fsp3) is 0.808. The van der Waals surface area contributed by atoms with Crippen LogP contribution in [0.2, 0.25) is 0 Å². The average molecular weight is 1460 g/mol. The highest BCUT2D eigenvalue weighted by Gasteiger charge is 2.54. The summed E-state index contributed by atoms with van der Waals surface area (Å²) in [5.41, 5.74) is -1.54. The lowest BCUT2D eigenvalue weighted by Gasteiger charge is -2.47. The number of hydrogen-bond acceptors (Lipinski definition) is 14. The first-order valence-electron chi connectivity index (χ1n) is 37.4. The van der Waals surface area contributed by atoms with Crippen LogP contribution in [0.3, 0.4) is 0 Å². The lowest BCUT2D eigenvalue weighted by Crippen LogP contribution is -2.68. The Kier molecular flexibility index (Phi) is 29.6. The first-order chi connectivity index (χ1) is 48.1. The molecule has 0 aromatic heterocycles. The van der Waals surface area contributed by atoms with E-state index in [1.807, 2.05) is 25.6 Å². The van der Waals surface area contributed by atoms with Crippen molar-refractivity contribution in [3.05, 3.63) is 12.2 Å². The number of halogens is 3. The Morgan fingerprint density at radius 3 is 1.96 bits per heavy atom. The number of rotatable bonds is 13. The SMILES string of the molecule is CCO[C@@H]1C[C@H]2C(=O)NC3(CCC3)C(=O)N(C)[C@@H](C(CC)CC)C(=O)N(C)[C@H](C(=O)N(C)C)CC(=O)N(C)[C@@H](C)C(=O)N[C@@H]([C@@H](C)CC)C(=O)N(C)CC(=O)N(C)[C@H]3C/C=C\CCN(C3=O)[C@@H](CC3CCC(C(F)(F)F)CC3)C(=O)N(C)CC(=O)N[C@@H](CCC3CCC4SCCC4C3)C(=O)N2C1. The molecular formula is C73H117F3N12O13S. The monoisotopic (exact) mass is 1460 g/mol. The predicted molar refractivity (Wildman–Crippen MR) is 379 cm³/mol. The van der Waals surface area contributed by atoms with Crippen LogP contribution in [0.15, 0.2) is 12.2 Å². The van der Waals surface area contributed by atoms with Gasteiger partial charge in [-0.15, -0.1) is 0 Å². The summed E-state index contributed by atoms with van der Waals surface area (Å²) in [6, 6.07) is -10.2. The van der Waals surface area contributed by atoms with Gasteiger partial charge in [-0.2, -0.15) is 24.9 Å². The second-order valence-electron chi connectivity index (χ2n) is 30.4. The van der Waals surface area contributed by atoms with Crippen LogP contribution in [0.1, 0.15) is 176 Å². The topological polar surface area (TPSA) is 279 Å². The van der Waals surface area contributed by atoms with E-state index in [-0.39, 0.29) is 96.2 Å². The summed E-state index contributed by atoms with van der Waals surface area (Å²) in [5, 5.41) is 9.39. The quantitative estimate of drug-likeness (QED) is 0.199. The molecule has 25 nitrogen and oxygen atoms in total. The Labute approximate surface area is 605 Å². The number of amides is 12. The Morgan fingerprint density at radius 2 is 1.35 bits per heavy atom. The second-order valence-corrected chi connectivity index (χ2v) is 31.8. The number of likely N-dealkylation sites (N-methyl/N-ethyl adjacent to an activating group) is 7. The molecule has 4 aliphatic heterocycles. The van der Waals surface area contributed by atoms with E-state index in [4.69, 9.17) is 4.74 Å². The number of nitrogens with one attached hydrogen (secondary N) is 3. The Bertz CT molecular complexity index is 3040. The molecule has 0 radical (unpaired) electrons. The smallest absolute Gasteiger partial charge is 0.377 e. The molecule has 3 unspecified atom stereocenters. The lowest BCUT2D eigenvalue weighted by molar-refractivity contribution is -0.184. The van der Waals surface area contributed by atoms with Crippen molar-refractivity contribution in [2.75, 3.05) is 94.9 Å². The van der Waals surface area contributed by atoms with E-state index in [0.717, 1.165) is 51.0 Å². The molecule has 12 amide bonds. The number of nitrogens with zero attached hydrogens (tertiary/aromatic N) is 9. The molecule has 2 bridgehead atoms. The summed E-state index contributed by atoms with van der Waals surface area (Å²) in [7, 11) is 11.3. The van der Waals surface area contributed by atoms with Crippen LogP contribution in [0.4, 0.5) is 13.2 Å². The molecule has 3 N–H and O–H groups in total. The summed E-state index contributed by atoms with van der Waals surface area (Å²) < 4.78 is 48.5. The van der Waals surface area contributed by atoms with Gasteiger partial charge >= 0.3 is 6.18 Å². The van der Waals surface area contributed by atoms with Gasteiger partial charge in [0.2, 0.25) is 70.9 Å². The number of ether oxygens (including phenoxy) is 1. The van der Waals surface area contributed by atoms with Gasteiger partial charge in [0.05, 0.1) is 31.5 Å². The van der Waals surface area contributed by atoms with Crippen molar-refractivity contribution in [2.45, 2.75) is 248 Å². The van der Waals surface area contributed by atoms with Crippen LogP contribution in [-0.2, 0) is 62.3 Å². The Hall–Kier alpha value is -6.52. The number of carbonyl (C=O) groups is 12. The number of thioether (sulfide) groups is 1. The van der Waals surface area contributed by atoms with Crippen LogP contribution < -0.4 is 16.0 Å². The van der Waals surface area contributed by atoms with E-state index in [0.29, 0.717) is 43.3 Å². The fourth-order valence-corrected chi connectivity index (χ4v) is 18.0. The second kappa shape index (κ2) is 36.5. The van der Waals surface area contributed by atoms with Crippen LogP contribution in [0.25, 0.3) is 0 Å². The zero-order chi connectivity index (χ0) is 75.4. The third kappa shape index (κ3) is 19.7. The molecule has 7 aliphatic rings. The van der Waals surface area contributed by atoms with Crippen molar-refractivity contribution in [1.29, 1.82) is 0 Å². The first-order valence-corrected chi connectivity index (χ1v) is 38.4. The number of alkyl halides is 3. The highest BCUT2D eigenvalue weighted by atomic mass is 32.2. The maximum Gasteiger partial charge on any atom is 0.391 e. The van der Waals surface area contributed by atoms with Gasteiger partial charge in [-0.05, 0) is 152 Å². The zero-order valence-corrected chi connectivity index (χ0v) is 63.7. The van der Waals surface area contributed by atoms with Gasteiger partial charge in [0.1, 0.15) is 53.9 Å². The van der Waals surface area contributed by atoms with Crippen molar-refractivity contribution < 1.29 is 75.4 Å². The molecule has 6 fully saturated rings. The van der Waals surface area contributed by atoms with Crippen LogP contribution in [-0.4, -0.2) is 281 Å². The predicted octanol–water partition coefficient (Wildman–Crippen LogP) is 5.23.